The highest BCUT2D eigenvalue weighted by molar-refractivity contribution is 7.92. The summed E-state index contributed by atoms with van der Waals surface area (Å²) in [5.74, 6) is -0.0707. The van der Waals surface area contributed by atoms with Crippen LogP contribution in [0.1, 0.15) is 44.9 Å². The van der Waals surface area contributed by atoms with Gasteiger partial charge in [0.05, 0.1) is 16.8 Å². The fraction of sp³-hybridized carbons (Fsp3) is 1.00. The smallest absolute Gasteiger partial charge is 0.214 e. The first kappa shape index (κ1) is 16.2. The molecule has 1 saturated carbocycles. The zero-order valence-electron chi connectivity index (χ0n) is 11.7. The summed E-state index contributed by atoms with van der Waals surface area (Å²) in [5.41, 5.74) is 5.78. The molecule has 0 radical (unpaired) electrons. The van der Waals surface area contributed by atoms with Crippen LogP contribution in [0.2, 0.25) is 0 Å². The van der Waals surface area contributed by atoms with Crippen LogP contribution in [-0.4, -0.2) is 45.7 Å². The van der Waals surface area contributed by atoms with Gasteiger partial charge in [0.1, 0.15) is 9.84 Å². The van der Waals surface area contributed by atoms with Crippen molar-refractivity contribution >= 4 is 19.9 Å². The average Bonchev–Trinajstić information content (AvgIpc) is 2.37. The zero-order valence-corrected chi connectivity index (χ0v) is 13.3. The molecule has 0 aromatic heterocycles. The molecule has 0 spiro atoms. The van der Waals surface area contributed by atoms with Crippen molar-refractivity contribution in [1.29, 1.82) is 0 Å². The largest absolute Gasteiger partial charge is 0.324 e. The molecule has 2 aliphatic rings. The van der Waals surface area contributed by atoms with Crippen molar-refractivity contribution in [3.8, 4) is 0 Å². The topological polar surface area (TPSA) is 106 Å². The summed E-state index contributed by atoms with van der Waals surface area (Å²) < 4.78 is 49.7. The third-order valence-electron chi connectivity index (χ3n) is 4.42. The molecule has 6 nitrogen and oxygen atoms in total. The molecule has 0 atom stereocenters. The first-order chi connectivity index (χ1) is 9.23. The molecule has 8 heteroatoms. The van der Waals surface area contributed by atoms with Gasteiger partial charge in [0.25, 0.3) is 0 Å². The number of hydrogen-bond donors (Lipinski definition) is 2. The molecule has 1 aliphatic heterocycles. The summed E-state index contributed by atoms with van der Waals surface area (Å²) in [7, 11) is -6.51. The quantitative estimate of drug-likeness (QED) is 0.765. The van der Waals surface area contributed by atoms with Gasteiger partial charge in [0.2, 0.25) is 10.0 Å². The Bertz CT molecular complexity index is 522. The average molecular weight is 324 g/mol. The minimum Gasteiger partial charge on any atom is -0.324 e. The summed E-state index contributed by atoms with van der Waals surface area (Å²) in [4.78, 5) is 0. The highest BCUT2D eigenvalue weighted by Gasteiger charge is 2.35. The van der Waals surface area contributed by atoms with Crippen LogP contribution in [0.3, 0.4) is 0 Å². The minimum atomic E-state index is -3.47. The Morgan fingerprint density at radius 2 is 1.65 bits per heavy atom. The lowest BCUT2D eigenvalue weighted by molar-refractivity contribution is 0.296. The Balaban J connectivity index is 1.91. The van der Waals surface area contributed by atoms with Gasteiger partial charge >= 0.3 is 0 Å². The van der Waals surface area contributed by atoms with Gasteiger partial charge in [-0.25, -0.2) is 21.6 Å². The summed E-state index contributed by atoms with van der Waals surface area (Å²) in [6.07, 6.45) is 5.31. The predicted octanol–water partition coefficient (Wildman–Crippen LogP) is 0.145. The second-order valence-corrected chi connectivity index (χ2v) is 10.5. The van der Waals surface area contributed by atoms with Crippen LogP contribution < -0.4 is 10.5 Å². The lowest BCUT2D eigenvalue weighted by Crippen LogP contribution is -2.53. The second kappa shape index (κ2) is 5.90. The van der Waals surface area contributed by atoms with E-state index in [0.29, 0.717) is 0 Å². The molecule has 20 heavy (non-hydrogen) atoms. The molecular weight excluding hydrogens is 300 g/mol. The van der Waals surface area contributed by atoms with E-state index in [2.05, 4.69) is 4.72 Å². The van der Waals surface area contributed by atoms with E-state index in [1.165, 1.54) is 0 Å². The maximum Gasteiger partial charge on any atom is 0.214 e. The van der Waals surface area contributed by atoms with E-state index in [1.54, 1.807) is 0 Å². The van der Waals surface area contributed by atoms with Crippen LogP contribution in [0, 0.1) is 0 Å². The second-order valence-electron chi connectivity index (χ2n) is 6.14. The predicted molar refractivity (Wildman–Crippen MR) is 78.6 cm³/mol. The summed E-state index contributed by atoms with van der Waals surface area (Å²) in [6.45, 7) is 0.262. The Labute approximate surface area is 121 Å². The Hall–Kier alpha value is -0.180. The van der Waals surface area contributed by atoms with Crippen molar-refractivity contribution < 1.29 is 16.8 Å². The highest BCUT2D eigenvalue weighted by atomic mass is 32.2. The molecule has 3 N–H and O–H groups in total. The SMILES string of the molecule is NC1(CNS(=O)(=O)C2CCS(=O)(=O)CC2)CCCCC1. The Morgan fingerprint density at radius 3 is 2.20 bits per heavy atom. The van der Waals surface area contributed by atoms with Crippen molar-refractivity contribution in [2.75, 3.05) is 18.1 Å². The molecule has 2 rings (SSSR count). The zero-order chi connectivity index (χ0) is 14.9. The van der Waals surface area contributed by atoms with Crippen LogP contribution in [0.15, 0.2) is 0 Å². The first-order valence-corrected chi connectivity index (χ1v) is 10.6. The number of nitrogens with two attached hydrogens (primary N) is 1. The van der Waals surface area contributed by atoms with Crippen LogP contribution in [0.4, 0.5) is 0 Å². The van der Waals surface area contributed by atoms with Crippen LogP contribution in [-0.2, 0) is 19.9 Å². The lowest BCUT2D eigenvalue weighted by atomic mass is 9.83. The maximum atomic E-state index is 12.2. The molecule has 0 amide bonds. The van der Waals surface area contributed by atoms with Crippen LogP contribution in [0.5, 0.6) is 0 Å². The number of hydrogen-bond acceptors (Lipinski definition) is 5. The summed E-state index contributed by atoms with van der Waals surface area (Å²) in [6, 6.07) is 0. The Morgan fingerprint density at radius 1 is 1.10 bits per heavy atom. The monoisotopic (exact) mass is 324 g/mol. The van der Waals surface area contributed by atoms with Crippen molar-refractivity contribution in [3.63, 3.8) is 0 Å². The van der Waals surface area contributed by atoms with Gasteiger partial charge in [-0.3, -0.25) is 0 Å². The third kappa shape index (κ3) is 4.16. The standard InChI is InChI=1S/C12H24N2O4S2/c13-12(6-2-1-3-7-12)10-14-20(17,18)11-4-8-19(15,16)9-5-11/h11,14H,1-10,13H2. The summed E-state index contributed by atoms with van der Waals surface area (Å²) >= 11 is 0. The molecule has 118 valence electrons. The highest BCUT2D eigenvalue weighted by Crippen LogP contribution is 2.26. The minimum absolute atomic E-state index is 0.0354. The van der Waals surface area contributed by atoms with Gasteiger partial charge in [-0.05, 0) is 25.7 Å². The molecule has 0 bridgehead atoms. The molecule has 0 unspecified atom stereocenters. The van der Waals surface area contributed by atoms with E-state index < -0.39 is 30.6 Å². The van der Waals surface area contributed by atoms with Gasteiger partial charge < -0.3 is 5.73 Å². The van der Waals surface area contributed by atoms with Gasteiger partial charge in [0.15, 0.2) is 0 Å². The normalized spacial score (nSPS) is 27.2. The number of nitrogens with one attached hydrogen (secondary N) is 1. The lowest BCUT2D eigenvalue weighted by Gasteiger charge is -2.34. The van der Waals surface area contributed by atoms with Crippen LogP contribution >= 0.6 is 0 Å². The van der Waals surface area contributed by atoms with E-state index in [-0.39, 0.29) is 30.9 Å². The number of rotatable bonds is 4. The number of sulfonamides is 1. The molecule has 0 aromatic carbocycles. The number of sulfone groups is 1. The molecule has 1 saturated heterocycles. The fourth-order valence-electron chi connectivity index (χ4n) is 2.97. The summed E-state index contributed by atoms with van der Waals surface area (Å²) in [5, 5.41) is -0.599. The van der Waals surface area contributed by atoms with Gasteiger partial charge in [-0.15, -0.1) is 0 Å². The van der Waals surface area contributed by atoms with Gasteiger partial charge in [-0.1, -0.05) is 19.3 Å². The Kier molecular flexibility index (Phi) is 4.78. The van der Waals surface area contributed by atoms with E-state index in [0.717, 1.165) is 32.1 Å². The third-order valence-corrected chi connectivity index (χ3v) is 8.03. The van der Waals surface area contributed by atoms with E-state index in [4.69, 9.17) is 5.73 Å². The van der Waals surface area contributed by atoms with Gasteiger partial charge in [0, 0.05) is 12.1 Å². The van der Waals surface area contributed by atoms with Crippen molar-refractivity contribution in [2.45, 2.75) is 55.7 Å². The van der Waals surface area contributed by atoms with E-state index in [9.17, 15) is 16.8 Å². The van der Waals surface area contributed by atoms with E-state index in [1.807, 2.05) is 0 Å². The van der Waals surface area contributed by atoms with Crippen molar-refractivity contribution in [1.82, 2.24) is 4.72 Å². The molecule has 1 heterocycles. The molecule has 1 aliphatic carbocycles. The molecular formula is C12H24N2O4S2. The van der Waals surface area contributed by atoms with Crippen molar-refractivity contribution in [3.05, 3.63) is 0 Å². The maximum absolute atomic E-state index is 12.2. The van der Waals surface area contributed by atoms with Crippen LogP contribution in [0.25, 0.3) is 0 Å². The fourth-order valence-corrected chi connectivity index (χ4v) is 6.34. The van der Waals surface area contributed by atoms with Crippen molar-refractivity contribution in [2.24, 2.45) is 5.73 Å². The van der Waals surface area contributed by atoms with E-state index >= 15 is 0 Å². The first-order valence-electron chi connectivity index (χ1n) is 7.20. The molecule has 2 fully saturated rings. The van der Waals surface area contributed by atoms with Gasteiger partial charge in [-0.2, -0.15) is 0 Å². The molecule has 0 aromatic rings.